The highest BCUT2D eigenvalue weighted by Crippen LogP contribution is 2.43. The average Bonchev–Trinajstić information content (AvgIpc) is 3.01. The first-order valence-electron chi connectivity index (χ1n) is 11.5. The van der Waals surface area contributed by atoms with E-state index in [1.165, 1.54) is 11.8 Å². The number of benzene rings is 2. The number of nitrogens with zero attached hydrogens (tertiary/aromatic N) is 2. The number of aryl methyl sites for hydroxylation is 1. The number of para-hydroxylation sites is 1. The van der Waals surface area contributed by atoms with Crippen molar-refractivity contribution in [3.8, 4) is 5.75 Å². The van der Waals surface area contributed by atoms with Crippen LogP contribution in [0.5, 0.6) is 5.75 Å². The van der Waals surface area contributed by atoms with Gasteiger partial charge in [0.25, 0.3) is 0 Å². The minimum Gasteiger partial charge on any atom is -0.497 e. The molecule has 3 aromatic rings. The van der Waals surface area contributed by atoms with Gasteiger partial charge in [0, 0.05) is 48.4 Å². The van der Waals surface area contributed by atoms with Crippen molar-refractivity contribution in [2.24, 2.45) is 7.05 Å². The largest absolute Gasteiger partial charge is 0.497 e. The second-order valence-electron chi connectivity index (χ2n) is 8.52. The van der Waals surface area contributed by atoms with Gasteiger partial charge in [0.15, 0.2) is 0 Å². The predicted octanol–water partition coefficient (Wildman–Crippen LogP) is 4.30. The first-order chi connectivity index (χ1) is 16.4. The number of carbonyl (C=O) groups excluding carboxylic acids is 2. The second-order valence-corrected chi connectivity index (χ2v) is 9.48. The van der Waals surface area contributed by atoms with E-state index in [2.05, 4.69) is 9.88 Å². The van der Waals surface area contributed by atoms with Crippen LogP contribution in [0.1, 0.15) is 31.9 Å². The molecule has 0 aliphatic carbocycles. The molecular weight excluding hydrogens is 450 g/mol. The van der Waals surface area contributed by atoms with E-state index in [1.54, 1.807) is 18.1 Å². The predicted molar refractivity (Wildman–Crippen MR) is 136 cm³/mol. The maximum Gasteiger partial charge on any atom is 0.247 e. The van der Waals surface area contributed by atoms with Gasteiger partial charge in [-0.05, 0) is 38.5 Å². The van der Waals surface area contributed by atoms with Crippen molar-refractivity contribution in [1.82, 2.24) is 9.88 Å². The lowest BCUT2D eigenvalue weighted by atomic mass is 10.0. The minimum atomic E-state index is -0.804. The molecule has 7 nitrogen and oxygen atoms in total. The highest BCUT2D eigenvalue weighted by atomic mass is 32.2. The van der Waals surface area contributed by atoms with Crippen LogP contribution in [-0.2, 0) is 21.4 Å². The van der Waals surface area contributed by atoms with Gasteiger partial charge in [0.1, 0.15) is 11.8 Å². The van der Waals surface area contributed by atoms with Crippen LogP contribution in [0.2, 0.25) is 0 Å². The zero-order valence-corrected chi connectivity index (χ0v) is 20.9. The summed E-state index contributed by atoms with van der Waals surface area (Å²) in [7, 11) is 3.57. The van der Waals surface area contributed by atoms with Crippen LogP contribution >= 0.6 is 11.8 Å². The average molecular weight is 482 g/mol. The first-order valence-corrected chi connectivity index (χ1v) is 12.5. The molecule has 0 unspecified atom stereocenters. The number of carbonyl (C=O) groups is 2. The summed E-state index contributed by atoms with van der Waals surface area (Å²) in [5.74, 6) is 0.536. The highest BCUT2D eigenvalue weighted by molar-refractivity contribution is 8.00. The molecule has 0 saturated carbocycles. The molecule has 1 aromatic heterocycles. The second kappa shape index (κ2) is 10.5. The molecule has 4 rings (SSSR count). The number of rotatable bonds is 8. The number of fused-ring (bicyclic) bond motifs is 3. The molecule has 1 aliphatic heterocycles. The number of hydrogen-bond donors (Lipinski definition) is 1. The van der Waals surface area contributed by atoms with E-state index in [-0.39, 0.29) is 23.7 Å². The number of amides is 2. The van der Waals surface area contributed by atoms with Gasteiger partial charge in [-0.15, -0.1) is 0 Å². The molecule has 0 spiro atoms. The van der Waals surface area contributed by atoms with Gasteiger partial charge in [-0.3, -0.25) is 14.5 Å². The highest BCUT2D eigenvalue weighted by Gasteiger charge is 2.39. The number of hydrogen-bond acceptors (Lipinski definition) is 5. The van der Waals surface area contributed by atoms with Crippen LogP contribution in [0.15, 0.2) is 53.6 Å². The van der Waals surface area contributed by atoms with E-state index in [0.717, 1.165) is 21.5 Å². The Kier molecular flexibility index (Phi) is 7.48. The van der Waals surface area contributed by atoms with Crippen molar-refractivity contribution >= 4 is 40.2 Å². The van der Waals surface area contributed by atoms with Crippen molar-refractivity contribution in [3.05, 3.63) is 54.1 Å². The molecule has 1 atom stereocenters. The third-order valence-electron chi connectivity index (χ3n) is 5.87. The Morgan fingerprint density at radius 1 is 1.21 bits per heavy atom. The molecule has 34 heavy (non-hydrogen) atoms. The summed E-state index contributed by atoms with van der Waals surface area (Å²) in [5, 5.41) is 4.96. The van der Waals surface area contributed by atoms with E-state index >= 15 is 0 Å². The Bertz CT molecular complexity index is 1190. The Morgan fingerprint density at radius 3 is 2.76 bits per heavy atom. The molecule has 8 heteroatoms. The van der Waals surface area contributed by atoms with Crippen molar-refractivity contribution in [3.63, 3.8) is 0 Å². The molecule has 180 valence electrons. The Labute approximate surface area is 204 Å². The molecule has 2 heterocycles. The van der Waals surface area contributed by atoms with Crippen LogP contribution in [-0.4, -0.2) is 48.5 Å². The Balaban J connectivity index is 1.77. The van der Waals surface area contributed by atoms with Crippen LogP contribution in [0.4, 0.5) is 5.69 Å². The summed E-state index contributed by atoms with van der Waals surface area (Å²) >= 11 is 1.48. The first kappa shape index (κ1) is 24.2. The number of ether oxygens (including phenoxy) is 2. The maximum absolute atomic E-state index is 13.8. The number of nitrogens with one attached hydrogen (secondary N) is 1. The molecule has 2 amide bonds. The molecule has 1 N–H and O–H groups in total. The summed E-state index contributed by atoms with van der Waals surface area (Å²) in [6.07, 6.45) is 0.843. The number of anilines is 1. The third kappa shape index (κ3) is 4.79. The quantitative estimate of drug-likeness (QED) is 0.486. The van der Waals surface area contributed by atoms with E-state index in [9.17, 15) is 9.59 Å². The zero-order chi connectivity index (χ0) is 24.2. The topological polar surface area (TPSA) is 72.8 Å². The number of methoxy groups -OCH3 is 1. The van der Waals surface area contributed by atoms with Crippen LogP contribution in [0, 0.1) is 0 Å². The molecule has 0 bridgehead atoms. The van der Waals surface area contributed by atoms with E-state index < -0.39 is 6.04 Å². The van der Waals surface area contributed by atoms with Gasteiger partial charge in [-0.25, -0.2) is 0 Å². The fourth-order valence-corrected chi connectivity index (χ4v) is 5.38. The summed E-state index contributed by atoms with van der Waals surface area (Å²) in [5.41, 5.74) is 2.52. The smallest absolute Gasteiger partial charge is 0.247 e. The summed E-state index contributed by atoms with van der Waals surface area (Å²) in [6.45, 7) is 5.01. The molecule has 0 fully saturated rings. The van der Waals surface area contributed by atoms with E-state index in [1.807, 2.05) is 63.4 Å². The van der Waals surface area contributed by atoms with Crippen LogP contribution in [0.25, 0.3) is 10.9 Å². The van der Waals surface area contributed by atoms with Crippen molar-refractivity contribution in [2.75, 3.05) is 30.9 Å². The number of thioether (sulfide) groups is 1. The lowest BCUT2D eigenvalue weighted by Crippen LogP contribution is -2.44. The molecule has 0 radical (unpaired) electrons. The normalized spacial score (nSPS) is 16.0. The van der Waals surface area contributed by atoms with Gasteiger partial charge in [0.2, 0.25) is 11.8 Å². The van der Waals surface area contributed by atoms with Crippen LogP contribution < -0.4 is 15.0 Å². The zero-order valence-electron chi connectivity index (χ0n) is 20.0. The number of aromatic nitrogens is 1. The summed E-state index contributed by atoms with van der Waals surface area (Å²) < 4.78 is 13.1. The minimum absolute atomic E-state index is 0.123. The van der Waals surface area contributed by atoms with Gasteiger partial charge >= 0.3 is 0 Å². The van der Waals surface area contributed by atoms with Crippen molar-refractivity contribution in [1.29, 1.82) is 0 Å². The third-order valence-corrected chi connectivity index (χ3v) is 7.03. The van der Waals surface area contributed by atoms with Crippen molar-refractivity contribution < 1.29 is 19.1 Å². The van der Waals surface area contributed by atoms with E-state index in [4.69, 9.17) is 9.47 Å². The summed E-state index contributed by atoms with van der Waals surface area (Å²) in [6, 6.07) is 14.5. The van der Waals surface area contributed by atoms with Gasteiger partial charge in [-0.1, -0.05) is 36.0 Å². The molecule has 0 saturated heterocycles. The molecule has 2 aromatic carbocycles. The molecule has 1 aliphatic rings. The lowest BCUT2D eigenvalue weighted by molar-refractivity contribution is -0.125. The fraction of sp³-hybridized carbons (Fsp3) is 0.385. The lowest BCUT2D eigenvalue weighted by Gasteiger charge is -2.30. The maximum atomic E-state index is 13.8. The van der Waals surface area contributed by atoms with Gasteiger partial charge < -0.3 is 19.4 Å². The molecular formula is C26H31N3O4S. The Hall–Kier alpha value is -2.97. The fourth-order valence-electron chi connectivity index (χ4n) is 4.31. The van der Waals surface area contributed by atoms with E-state index in [0.29, 0.717) is 31.0 Å². The monoisotopic (exact) mass is 481 g/mol. The van der Waals surface area contributed by atoms with Gasteiger partial charge in [-0.2, -0.15) is 0 Å². The summed E-state index contributed by atoms with van der Waals surface area (Å²) in [4.78, 5) is 28.8. The standard InChI is InChI=1S/C26H31N3O4S/c1-17(2)33-14-8-13-27-25(31)24-23-20-11-5-6-12-21(20)28(3)26(23)34-16-22(30)29(24)18-9-7-10-19(15-18)32-4/h5-7,9-12,15,17,24H,8,13-14,16H2,1-4H3,(H,27,31)/t24-/m0/s1. The van der Waals surface area contributed by atoms with Crippen molar-refractivity contribution in [2.45, 2.75) is 37.4 Å². The Morgan fingerprint density at radius 2 is 2.00 bits per heavy atom. The van der Waals surface area contributed by atoms with Gasteiger partial charge in [0.05, 0.1) is 24.0 Å². The van der Waals surface area contributed by atoms with Crippen LogP contribution in [0.3, 0.4) is 0 Å². The SMILES string of the molecule is COc1cccc(N2C(=O)CSc3c(c4ccccc4n3C)[C@H]2C(=O)NCCCOC(C)C)c1.